The maximum absolute atomic E-state index is 12.4. The first-order valence-electron chi connectivity index (χ1n) is 3.98. The zero-order chi connectivity index (χ0) is 10.3. The summed E-state index contributed by atoms with van der Waals surface area (Å²) in [6.45, 7) is -4.95. The molecule has 2 aromatic rings. The van der Waals surface area contributed by atoms with Gasteiger partial charge in [0.2, 0.25) is 0 Å². The number of fused-ring (bicyclic) bond motifs is 1. The predicted octanol–water partition coefficient (Wildman–Crippen LogP) is -1.97. The molecule has 0 saturated heterocycles. The molecular formula is C7H6BF3KN3. The van der Waals surface area contributed by atoms with E-state index in [1.807, 2.05) is 0 Å². The average molecular weight is 239 g/mol. The summed E-state index contributed by atoms with van der Waals surface area (Å²) < 4.78 is 38.4. The van der Waals surface area contributed by atoms with Gasteiger partial charge in [0.25, 0.3) is 0 Å². The molecule has 0 saturated carbocycles. The van der Waals surface area contributed by atoms with Gasteiger partial charge in [-0.25, -0.2) is 4.68 Å². The number of aryl methyl sites for hydroxylation is 1. The predicted molar refractivity (Wildman–Crippen MR) is 47.2 cm³/mol. The van der Waals surface area contributed by atoms with Gasteiger partial charge in [0, 0.05) is 7.05 Å². The molecule has 0 radical (unpaired) electrons. The molecule has 0 spiro atoms. The normalized spacial score (nSPS) is 11.5. The van der Waals surface area contributed by atoms with Gasteiger partial charge in [-0.2, -0.15) is 0 Å². The summed E-state index contributed by atoms with van der Waals surface area (Å²) in [5, 5.41) is 7.32. The van der Waals surface area contributed by atoms with Crippen LogP contribution in [0, 0.1) is 0 Å². The molecule has 0 amide bonds. The monoisotopic (exact) mass is 239 g/mol. The molecule has 0 N–H and O–H groups in total. The van der Waals surface area contributed by atoms with Crippen molar-refractivity contribution in [2.75, 3.05) is 0 Å². The van der Waals surface area contributed by atoms with Crippen LogP contribution < -0.4 is 56.8 Å². The van der Waals surface area contributed by atoms with Crippen molar-refractivity contribution in [1.82, 2.24) is 15.0 Å². The van der Waals surface area contributed by atoms with E-state index in [0.29, 0.717) is 11.0 Å². The maximum Gasteiger partial charge on any atom is 1.00 e. The van der Waals surface area contributed by atoms with Crippen molar-refractivity contribution in [3.05, 3.63) is 18.2 Å². The van der Waals surface area contributed by atoms with E-state index in [9.17, 15) is 12.9 Å². The minimum absolute atomic E-state index is 0. The maximum atomic E-state index is 12.4. The molecule has 3 nitrogen and oxygen atoms in total. The van der Waals surface area contributed by atoms with Crippen molar-refractivity contribution < 1.29 is 64.3 Å². The van der Waals surface area contributed by atoms with Crippen molar-refractivity contribution in [3.63, 3.8) is 0 Å². The number of hydrogen-bond donors (Lipinski definition) is 0. The molecule has 0 aliphatic rings. The number of benzene rings is 1. The average Bonchev–Trinajstić information content (AvgIpc) is 2.46. The van der Waals surface area contributed by atoms with Crippen LogP contribution in [0.4, 0.5) is 12.9 Å². The fourth-order valence-electron chi connectivity index (χ4n) is 1.25. The van der Waals surface area contributed by atoms with Gasteiger partial charge in [-0.1, -0.05) is 17.3 Å². The summed E-state index contributed by atoms with van der Waals surface area (Å²) in [7, 11) is 1.56. The summed E-state index contributed by atoms with van der Waals surface area (Å²) in [6, 6.07) is 3.42. The molecule has 1 aromatic heterocycles. The van der Waals surface area contributed by atoms with Crippen molar-refractivity contribution in [2.24, 2.45) is 7.05 Å². The molecule has 8 heteroatoms. The van der Waals surface area contributed by atoms with Crippen LogP contribution in [0.1, 0.15) is 0 Å². The van der Waals surface area contributed by atoms with Crippen LogP contribution >= 0.6 is 0 Å². The van der Waals surface area contributed by atoms with Gasteiger partial charge >= 0.3 is 58.4 Å². The molecule has 1 aromatic carbocycles. The van der Waals surface area contributed by atoms with Gasteiger partial charge in [-0.15, -0.1) is 10.6 Å². The van der Waals surface area contributed by atoms with Crippen LogP contribution in [0.3, 0.4) is 0 Å². The van der Waals surface area contributed by atoms with E-state index in [0.717, 1.165) is 12.1 Å². The Kier molecular flexibility index (Phi) is 3.99. The van der Waals surface area contributed by atoms with Gasteiger partial charge in [-0.3, -0.25) is 0 Å². The van der Waals surface area contributed by atoms with Crippen LogP contribution in [-0.4, -0.2) is 22.0 Å². The smallest absolute Gasteiger partial charge is 0.445 e. The zero-order valence-electron chi connectivity index (χ0n) is 8.28. The Bertz CT molecular complexity index is 482. The third-order valence-corrected chi connectivity index (χ3v) is 2.01. The molecule has 0 aliphatic carbocycles. The van der Waals surface area contributed by atoms with Crippen molar-refractivity contribution in [2.45, 2.75) is 0 Å². The Morgan fingerprint density at radius 2 is 1.93 bits per heavy atom. The van der Waals surface area contributed by atoms with Crippen LogP contribution in [0.2, 0.25) is 0 Å². The van der Waals surface area contributed by atoms with Crippen molar-refractivity contribution in [3.8, 4) is 0 Å². The second kappa shape index (κ2) is 4.54. The summed E-state index contributed by atoms with van der Waals surface area (Å²) in [6.07, 6.45) is 0. The Morgan fingerprint density at radius 3 is 2.53 bits per heavy atom. The largest absolute Gasteiger partial charge is 1.00 e. The van der Waals surface area contributed by atoms with E-state index in [1.165, 1.54) is 10.7 Å². The summed E-state index contributed by atoms with van der Waals surface area (Å²) in [4.78, 5) is 0. The van der Waals surface area contributed by atoms with E-state index in [4.69, 9.17) is 0 Å². The van der Waals surface area contributed by atoms with Crippen LogP contribution in [0.15, 0.2) is 18.2 Å². The van der Waals surface area contributed by atoms with E-state index in [1.54, 1.807) is 7.05 Å². The van der Waals surface area contributed by atoms with Gasteiger partial charge in [0.05, 0.1) is 5.52 Å². The quantitative estimate of drug-likeness (QED) is 0.540. The molecule has 2 rings (SSSR count). The van der Waals surface area contributed by atoms with Gasteiger partial charge in [-0.05, 0) is 6.07 Å². The standard InChI is InChI=1S/C7H6BF3N3.K/c1-14-7-4-5(8(9,10)11)2-3-6(7)12-13-14;/h2-4H,1H3;/q-1;+1. The second-order valence-electron chi connectivity index (χ2n) is 3.04. The number of halogens is 3. The number of rotatable bonds is 1. The molecular weight excluding hydrogens is 233 g/mol. The molecule has 0 aliphatic heterocycles. The number of aromatic nitrogens is 3. The SMILES string of the molecule is Cn1nnc2ccc([B-](F)(F)F)cc21.[K+]. The number of hydrogen-bond acceptors (Lipinski definition) is 2. The summed E-state index contributed by atoms with van der Waals surface area (Å²) >= 11 is 0. The van der Waals surface area contributed by atoms with Crippen molar-refractivity contribution >= 4 is 23.5 Å². The Morgan fingerprint density at radius 1 is 1.27 bits per heavy atom. The molecule has 0 unspecified atom stereocenters. The molecule has 74 valence electrons. The van der Waals surface area contributed by atoms with Gasteiger partial charge < -0.3 is 12.9 Å². The first kappa shape index (κ1) is 13.2. The third kappa shape index (κ3) is 2.62. The van der Waals surface area contributed by atoms with E-state index in [2.05, 4.69) is 10.3 Å². The van der Waals surface area contributed by atoms with E-state index in [-0.39, 0.29) is 51.4 Å². The summed E-state index contributed by atoms with van der Waals surface area (Å²) in [5.74, 6) is 0. The van der Waals surface area contributed by atoms with Crippen molar-refractivity contribution in [1.29, 1.82) is 0 Å². The third-order valence-electron chi connectivity index (χ3n) is 2.01. The molecule has 1 heterocycles. The van der Waals surface area contributed by atoms with Gasteiger partial charge in [0.15, 0.2) is 0 Å². The van der Waals surface area contributed by atoms with Crippen LogP contribution in [-0.2, 0) is 7.05 Å². The minimum atomic E-state index is -4.95. The molecule has 0 fully saturated rings. The van der Waals surface area contributed by atoms with E-state index >= 15 is 0 Å². The fourth-order valence-corrected chi connectivity index (χ4v) is 1.25. The minimum Gasteiger partial charge on any atom is -0.445 e. The molecule has 0 bridgehead atoms. The summed E-state index contributed by atoms with van der Waals surface area (Å²) in [5.41, 5.74) is 0.237. The van der Waals surface area contributed by atoms with Gasteiger partial charge in [0.1, 0.15) is 5.52 Å². The second-order valence-corrected chi connectivity index (χ2v) is 3.04. The van der Waals surface area contributed by atoms with E-state index < -0.39 is 12.4 Å². The first-order chi connectivity index (χ1) is 6.48. The molecule has 0 atom stereocenters. The molecule has 15 heavy (non-hydrogen) atoms. The number of nitrogens with zero attached hydrogens (tertiary/aromatic N) is 3. The van der Waals surface area contributed by atoms with Crippen LogP contribution in [0.25, 0.3) is 11.0 Å². The zero-order valence-corrected chi connectivity index (χ0v) is 11.4. The Hall–Kier alpha value is 0.111. The topological polar surface area (TPSA) is 30.7 Å². The fraction of sp³-hybridized carbons (Fsp3) is 0.143. The first-order valence-corrected chi connectivity index (χ1v) is 3.98. The Balaban J connectivity index is 0.00000112. The Labute approximate surface area is 126 Å². The van der Waals surface area contributed by atoms with Crippen LogP contribution in [0.5, 0.6) is 0 Å².